The van der Waals surface area contributed by atoms with Crippen molar-refractivity contribution in [2.45, 2.75) is 85.7 Å². The lowest BCUT2D eigenvalue weighted by Crippen LogP contribution is -2.45. The normalized spacial score (nSPS) is 12.5. The van der Waals surface area contributed by atoms with E-state index in [1.165, 1.54) is 4.57 Å². The molecular weight excluding hydrogens is 392 g/mol. The third-order valence-electron chi connectivity index (χ3n) is 5.09. The molecule has 1 heterocycles. The van der Waals surface area contributed by atoms with Crippen LogP contribution in [0.2, 0.25) is 0 Å². The van der Waals surface area contributed by atoms with Crippen LogP contribution in [0.25, 0.3) is 0 Å². The number of rotatable bonds is 7. The Morgan fingerprint density at radius 1 is 0.839 bits per heavy atom. The van der Waals surface area contributed by atoms with Crippen LogP contribution in [-0.4, -0.2) is 55.6 Å². The Morgan fingerprint density at radius 3 is 1.84 bits per heavy atom. The Labute approximate surface area is 186 Å². The van der Waals surface area contributed by atoms with Gasteiger partial charge in [-0.05, 0) is 55.4 Å². The van der Waals surface area contributed by atoms with Crippen LogP contribution in [0.15, 0.2) is 42.7 Å². The number of aromatic nitrogens is 2. The number of imidazole rings is 1. The molecule has 1 atom stereocenters. The molecule has 2 aromatic rings. The third kappa shape index (κ3) is 5.66. The first-order chi connectivity index (χ1) is 14.6. The van der Waals surface area contributed by atoms with Crippen LogP contribution >= 0.6 is 0 Å². The van der Waals surface area contributed by atoms with Gasteiger partial charge in [-0.25, -0.2) is 14.6 Å². The smallest absolute Gasteiger partial charge is 0.411 e. The highest BCUT2D eigenvalue weighted by Gasteiger charge is 2.32. The predicted molar refractivity (Wildman–Crippen MR) is 122 cm³/mol. The first-order valence-electron chi connectivity index (χ1n) is 11.0. The Kier molecular flexibility index (Phi) is 8.25. The van der Waals surface area contributed by atoms with E-state index >= 15 is 0 Å². The summed E-state index contributed by atoms with van der Waals surface area (Å²) < 4.78 is 7.48. The molecule has 1 unspecified atom stereocenters. The zero-order valence-electron chi connectivity index (χ0n) is 19.9. The zero-order valence-corrected chi connectivity index (χ0v) is 19.9. The summed E-state index contributed by atoms with van der Waals surface area (Å²) in [5.74, 6) is 0.378. The number of hydrogen-bond donors (Lipinski definition) is 0. The summed E-state index contributed by atoms with van der Waals surface area (Å²) in [5, 5.41) is 0. The van der Waals surface area contributed by atoms with Crippen LogP contribution in [0.1, 0.15) is 72.9 Å². The molecule has 1 aromatic heterocycles. The molecule has 7 nitrogen and oxygen atoms in total. The fourth-order valence-electron chi connectivity index (χ4n) is 3.91. The molecule has 2 rings (SSSR count). The lowest BCUT2D eigenvalue weighted by Gasteiger charge is -2.33. The van der Waals surface area contributed by atoms with E-state index in [4.69, 9.17) is 4.74 Å². The average Bonchev–Trinajstić information content (AvgIpc) is 3.15. The van der Waals surface area contributed by atoms with E-state index in [-0.39, 0.29) is 30.2 Å². The van der Waals surface area contributed by atoms with Crippen molar-refractivity contribution in [3.8, 4) is 0 Å². The predicted octanol–water partition coefficient (Wildman–Crippen LogP) is 5.31. The molecule has 0 radical (unpaired) electrons. The summed E-state index contributed by atoms with van der Waals surface area (Å²) in [4.78, 5) is 34.4. The minimum Gasteiger partial charge on any atom is -0.433 e. The largest absolute Gasteiger partial charge is 0.433 e. The van der Waals surface area contributed by atoms with E-state index in [0.29, 0.717) is 5.82 Å². The van der Waals surface area contributed by atoms with Crippen LogP contribution in [0.3, 0.4) is 0 Å². The maximum absolute atomic E-state index is 13.4. The van der Waals surface area contributed by atoms with Gasteiger partial charge in [-0.3, -0.25) is 4.57 Å². The summed E-state index contributed by atoms with van der Waals surface area (Å²) in [6.07, 6.45) is 1.94. The Hall–Kier alpha value is -2.83. The van der Waals surface area contributed by atoms with Crippen molar-refractivity contribution in [1.29, 1.82) is 0 Å². The highest BCUT2D eigenvalue weighted by atomic mass is 16.6. The SMILES string of the molecule is CC(C)N(C(=O)OC(c1ccccc1)c1nccn1C(=O)N(C(C)C)C(C)C)C(C)C. The first-order valence-corrected chi connectivity index (χ1v) is 11.0. The van der Waals surface area contributed by atoms with Gasteiger partial charge in [0.15, 0.2) is 11.9 Å². The number of carbonyl (C=O) groups excluding carboxylic acids is 2. The fourth-order valence-corrected chi connectivity index (χ4v) is 3.91. The summed E-state index contributed by atoms with van der Waals surface area (Å²) >= 11 is 0. The molecule has 0 aliphatic carbocycles. The lowest BCUT2D eigenvalue weighted by molar-refractivity contribution is 0.0539. The average molecular weight is 429 g/mol. The Bertz CT molecular complexity index is 843. The molecule has 0 N–H and O–H groups in total. The molecule has 0 saturated heterocycles. The van der Waals surface area contributed by atoms with Gasteiger partial charge in [0.2, 0.25) is 0 Å². The van der Waals surface area contributed by atoms with Crippen molar-refractivity contribution in [3.05, 3.63) is 54.1 Å². The van der Waals surface area contributed by atoms with E-state index in [1.54, 1.807) is 22.2 Å². The lowest BCUT2D eigenvalue weighted by atomic mass is 10.1. The maximum Gasteiger partial charge on any atom is 0.411 e. The van der Waals surface area contributed by atoms with E-state index in [9.17, 15) is 9.59 Å². The number of ether oxygens (including phenoxy) is 1. The van der Waals surface area contributed by atoms with E-state index in [1.807, 2.05) is 85.7 Å². The number of nitrogens with zero attached hydrogens (tertiary/aromatic N) is 4. The minimum absolute atomic E-state index is 0.0119. The highest BCUT2D eigenvalue weighted by Crippen LogP contribution is 2.27. The second-order valence-corrected chi connectivity index (χ2v) is 8.80. The quantitative estimate of drug-likeness (QED) is 0.599. The van der Waals surface area contributed by atoms with Gasteiger partial charge in [-0.2, -0.15) is 0 Å². The van der Waals surface area contributed by atoms with E-state index in [2.05, 4.69) is 4.98 Å². The van der Waals surface area contributed by atoms with Gasteiger partial charge < -0.3 is 14.5 Å². The van der Waals surface area contributed by atoms with Gasteiger partial charge in [0.05, 0.1) is 0 Å². The van der Waals surface area contributed by atoms with Gasteiger partial charge in [-0.15, -0.1) is 0 Å². The summed E-state index contributed by atoms with van der Waals surface area (Å²) in [6, 6.07) is 9.18. The van der Waals surface area contributed by atoms with Crippen LogP contribution in [0.5, 0.6) is 0 Å². The molecule has 0 aliphatic heterocycles. The number of carbonyl (C=O) groups is 2. The van der Waals surface area contributed by atoms with Crippen molar-refractivity contribution in [3.63, 3.8) is 0 Å². The minimum atomic E-state index is -0.811. The van der Waals surface area contributed by atoms with Crippen molar-refractivity contribution < 1.29 is 14.3 Å². The molecular formula is C24H36N4O3. The molecule has 0 spiro atoms. The van der Waals surface area contributed by atoms with Gasteiger partial charge in [0, 0.05) is 42.1 Å². The topological polar surface area (TPSA) is 67.7 Å². The molecule has 0 aliphatic rings. The summed E-state index contributed by atoms with van der Waals surface area (Å²) in [6.45, 7) is 15.7. The fraction of sp³-hybridized carbons (Fsp3) is 0.542. The van der Waals surface area contributed by atoms with Crippen LogP contribution in [0.4, 0.5) is 9.59 Å². The number of benzene rings is 1. The van der Waals surface area contributed by atoms with Crippen molar-refractivity contribution >= 4 is 12.1 Å². The monoisotopic (exact) mass is 428 g/mol. The van der Waals surface area contributed by atoms with Crippen molar-refractivity contribution in [2.24, 2.45) is 0 Å². The van der Waals surface area contributed by atoms with Crippen molar-refractivity contribution in [2.75, 3.05) is 0 Å². The van der Waals surface area contributed by atoms with Crippen LogP contribution in [0, 0.1) is 0 Å². The molecule has 31 heavy (non-hydrogen) atoms. The highest BCUT2D eigenvalue weighted by molar-refractivity contribution is 5.78. The molecule has 7 heteroatoms. The second kappa shape index (κ2) is 10.5. The van der Waals surface area contributed by atoms with Crippen molar-refractivity contribution in [1.82, 2.24) is 19.4 Å². The molecule has 0 bridgehead atoms. The van der Waals surface area contributed by atoms with Gasteiger partial charge >= 0.3 is 12.1 Å². The third-order valence-corrected chi connectivity index (χ3v) is 5.09. The summed E-state index contributed by atoms with van der Waals surface area (Å²) in [5.41, 5.74) is 0.754. The first kappa shape index (κ1) is 24.4. The van der Waals surface area contributed by atoms with Gasteiger partial charge in [0.1, 0.15) is 0 Å². The van der Waals surface area contributed by atoms with E-state index in [0.717, 1.165) is 5.56 Å². The summed E-state index contributed by atoms with van der Waals surface area (Å²) in [7, 11) is 0. The second-order valence-electron chi connectivity index (χ2n) is 8.80. The van der Waals surface area contributed by atoms with Gasteiger partial charge in [0.25, 0.3) is 0 Å². The van der Waals surface area contributed by atoms with E-state index < -0.39 is 12.2 Å². The molecule has 0 saturated carbocycles. The molecule has 0 fully saturated rings. The van der Waals surface area contributed by atoms with Crippen LogP contribution < -0.4 is 0 Å². The Morgan fingerprint density at radius 2 is 1.35 bits per heavy atom. The number of hydrogen-bond acceptors (Lipinski definition) is 4. The number of amides is 2. The van der Waals surface area contributed by atoms with Crippen LogP contribution in [-0.2, 0) is 4.74 Å². The molecule has 2 amide bonds. The molecule has 1 aromatic carbocycles. The standard InChI is InChI=1S/C24H36N4O3/c1-16(2)27(17(3)4)23(29)26-15-14-25-22(26)21(20-12-10-9-11-13-20)31-24(30)28(18(5)6)19(7)8/h9-19,21H,1-8H3. The zero-order chi connectivity index (χ0) is 23.3. The molecule has 170 valence electrons. The Balaban J connectivity index is 2.50. The maximum atomic E-state index is 13.4. The van der Waals surface area contributed by atoms with Gasteiger partial charge in [-0.1, -0.05) is 30.3 Å².